The number of hydrogen-bond acceptors (Lipinski definition) is 9. The van der Waals surface area contributed by atoms with Gasteiger partial charge in [-0.25, -0.2) is 0 Å². The molecule has 196 valence electrons. The van der Waals surface area contributed by atoms with Gasteiger partial charge in [-0.3, -0.25) is 14.4 Å². The first-order valence-electron chi connectivity index (χ1n) is 11.7. The fourth-order valence-corrected chi connectivity index (χ4v) is 4.41. The Bertz CT molecular complexity index is 908. The van der Waals surface area contributed by atoms with Gasteiger partial charge in [0.1, 0.15) is 24.6 Å². The van der Waals surface area contributed by atoms with Gasteiger partial charge in [0.2, 0.25) is 12.4 Å². The summed E-state index contributed by atoms with van der Waals surface area (Å²) in [7, 11) is -2.20. The van der Waals surface area contributed by atoms with Gasteiger partial charge in [0.25, 0.3) is 8.32 Å². The first kappa shape index (κ1) is 28.6. The van der Waals surface area contributed by atoms with Crippen molar-refractivity contribution < 1.29 is 42.5 Å². The summed E-state index contributed by atoms with van der Waals surface area (Å²) in [5.41, 5.74) is 0. The van der Waals surface area contributed by atoms with E-state index in [9.17, 15) is 14.4 Å². The predicted molar refractivity (Wildman–Crippen MR) is 130 cm³/mol. The van der Waals surface area contributed by atoms with E-state index in [4.69, 9.17) is 28.1 Å². The molecule has 0 aliphatic carbocycles. The van der Waals surface area contributed by atoms with Crippen molar-refractivity contribution in [3.63, 3.8) is 0 Å². The van der Waals surface area contributed by atoms with Crippen LogP contribution < -0.4 is 9.16 Å². The van der Waals surface area contributed by atoms with E-state index in [1.807, 2.05) is 12.1 Å². The van der Waals surface area contributed by atoms with Gasteiger partial charge in [-0.15, -0.1) is 0 Å². The van der Waals surface area contributed by atoms with Crippen LogP contribution >= 0.6 is 0 Å². The van der Waals surface area contributed by atoms with Crippen LogP contribution in [-0.2, 0) is 33.3 Å². The van der Waals surface area contributed by atoms with Crippen LogP contribution in [0.15, 0.2) is 24.3 Å². The normalized spacial score (nSPS) is 24.8. The highest BCUT2D eigenvalue weighted by atomic mass is 28.4. The Labute approximate surface area is 208 Å². The maximum atomic E-state index is 11.9. The highest BCUT2D eigenvalue weighted by molar-refractivity contribution is 6.74. The SMILES string of the molecule is CC(=O)OC[C@H]1O[C@@H](Oc2ccccc2O[Si](C)(C)C(C)(C)C)[C@H](OC(C)=O)[C@@H](OC(C)=O)[C@H]1C. The zero-order valence-corrected chi connectivity index (χ0v) is 23.1. The molecule has 0 amide bonds. The molecule has 0 N–H and O–H groups in total. The van der Waals surface area contributed by atoms with E-state index < -0.39 is 56.7 Å². The van der Waals surface area contributed by atoms with Crippen LogP contribution in [0, 0.1) is 5.92 Å². The van der Waals surface area contributed by atoms with Gasteiger partial charge >= 0.3 is 17.9 Å². The number of rotatable bonds is 8. The number of benzene rings is 1. The molecule has 0 unspecified atom stereocenters. The second kappa shape index (κ2) is 11.4. The zero-order chi connectivity index (χ0) is 26.6. The van der Waals surface area contributed by atoms with Crippen LogP contribution in [0.5, 0.6) is 11.5 Å². The molecule has 0 spiro atoms. The largest absolute Gasteiger partial charge is 0.541 e. The van der Waals surface area contributed by atoms with Crippen LogP contribution in [0.1, 0.15) is 48.5 Å². The first-order valence-corrected chi connectivity index (χ1v) is 14.6. The number of ether oxygens (including phenoxy) is 5. The van der Waals surface area contributed by atoms with Gasteiger partial charge in [-0.1, -0.05) is 39.8 Å². The molecule has 0 aromatic heterocycles. The highest BCUT2D eigenvalue weighted by Gasteiger charge is 2.50. The summed E-state index contributed by atoms with van der Waals surface area (Å²) in [6.45, 7) is 16.1. The number of hydrogen-bond donors (Lipinski definition) is 0. The Morgan fingerprint density at radius 2 is 1.46 bits per heavy atom. The summed E-state index contributed by atoms with van der Waals surface area (Å²) in [5.74, 6) is -1.14. The molecular formula is C25H38O9Si. The van der Waals surface area contributed by atoms with Gasteiger partial charge in [-0.05, 0) is 30.3 Å². The summed E-state index contributed by atoms with van der Waals surface area (Å²) in [6, 6.07) is 7.17. The van der Waals surface area contributed by atoms with Gasteiger partial charge in [-0.2, -0.15) is 0 Å². The van der Waals surface area contributed by atoms with Crippen LogP contribution in [0.2, 0.25) is 18.1 Å². The van der Waals surface area contributed by atoms with Crippen molar-refractivity contribution in [2.75, 3.05) is 6.61 Å². The summed E-state index contributed by atoms with van der Waals surface area (Å²) in [4.78, 5) is 35.3. The number of carbonyl (C=O) groups is 3. The zero-order valence-electron chi connectivity index (χ0n) is 22.1. The third-order valence-electron chi connectivity index (χ3n) is 6.32. The minimum atomic E-state index is -2.20. The fourth-order valence-electron chi connectivity index (χ4n) is 3.39. The molecule has 1 aromatic rings. The average molecular weight is 511 g/mol. The predicted octanol–water partition coefficient (Wildman–Crippen LogP) is 4.24. The second-order valence-electron chi connectivity index (χ2n) is 10.3. The van der Waals surface area contributed by atoms with Crippen molar-refractivity contribution in [2.45, 2.75) is 91.2 Å². The lowest BCUT2D eigenvalue weighted by atomic mass is 9.90. The monoisotopic (exact) mass is 510 g/mol. The molecule has 9 nitrogen and oxygen atoms in total. The summed E-state index contributed by atoms with van der Waals surface area (Å²) in [6.07, 6.45) is -3.76. The molecule has 1 aromatic carbocycles. The maximum Gasteiger partial charge on any atom is 0.303 e. The molecule has 1 fully saturated rings. The first-order chi connectivity index (χ1) is 16.1. The molecule has 2 rings (SSSR count). The topological polar surface area (TPSA) is 107 Å². The van der Waals surface area contributed by atoms with Crippen molar-refractivity contribution >= 4 is 26.2 Å². The Morgan fingerprint density at radius 3 is 1.97 bits per heavy atom. The van der Waals surface area contributed by atoms with Crippen molar-refractivity contribution in [1.29, 1.82) is 0 Å². The molecule has 0 saturated carbocycles. The minimum absolute atomic E-state index is 0.0489. The molecule has 1 heterocycles. The minimum Gasteiger partial charge on any atom is -0.541 e. The Kier molecular flexibility index (Phi) is 9.35. The quantitative estimate of drug-likeness (QED) is 0.288. The summed E-state index contributed by atoms with van der Waals surface area (Å²) >= 11 is 0. The smallest absolute Gasteiger partial charge is 0.303 e. The van der Waals surface area contributed by atoms with Crippen LogP contribution in [0.3, 0.4) is 0 Å². The molecule has 10 heteroatoms. The van der Waals surface area contributed by atoms with E-state index in [2.05, 4.69) is 33.9 Å². The Balaban J connectivity index is 2.43. The average Bonchev–Trinajstić information content (AvgIpc) is 2.71. The lowest BCUT2D eigenvalue weighted by Gasteiger charge is -2.44. The summed E-state index contributed by atoms with van der Waals surface area (Å²) < 4.78 is 35.0. The molecule has 1 saturated heterocycles. The molecule has 1 aliphatic heterocycles. The van der Waals surface area contributed by atoms with Crippen molar-refractivity contribution in [1.82, 2.24) is 0 Å². The highest BCUT2D eigenvalue weighted by Crippen LogP contribution is 2.41. The number of carbonyl (C=O) groups excluding carboxylic acids is 3. The lowest BCUT2D eigenvalue weighted by molar-refractivity contribution is -0.271. The molecule has 5 atom stereocenters. The Morgan fingerprint density at radius 1 is 0.914 bits per heavy atom. The van der Waals surface area contributed by atoms with E-state index in [0.717, 1.165) is 0 Å². The standard InChI is InChI=1S/C25H38O9Si/c1-15-21(14-29-16(2)26)33-24(23(31-18(4)28)22(15)30-17(3)27)32-19-12-10-11-13-20(19)34-35(8,9)25(5,6)7/h10-13,15,21-24H,14H2,1-9H3/t15-,21+,22-,23+,24+/m0/s1. The van der Waals surface area contributed by atoms with E-state index >= 15 is 0 Å². The van der Waals surface area contributed by atoms with E-state index in [1.54, 1.807) is 19.1 Å². The van der Waals surface area contributed by atoms with E-state index in [-0.39, 0.29) is 11.6 Å². The van der Waals surface area contributed by atoms with Crippen LogP contribution in [0.4, 0.5) is 0 Å². The Hall–Kier alpha value is -2.59. The van der Waals surface area contributed by atoms with Crippen LogP contribution in [-0.4, -0.2) is 57.4 Å². The number of para-hydroxylation sites is 2. The fraction of sp³-hybridized carbons (Fsp3) is 0.640. The third kappa shape index (κ3) is 7.70. The van der Waals surface area contributed by atoms with Gasteiger partial charge < -0.3 is 28.1 Å². The number of esters is 3. The van der Waals surface area contributed by atoms with Gasteiger partial charge in [0, 0.05) is 26.7 Å². The third-order valence-corrected chi connectivity index (χ3v) is 10.7. The molecule has 0 radical (unpaired) electrons. The molecular weight excluding hydrogens is 472 g/mol. The van der Waals surface area contributed by atoms with E-state index in [0.29, 0.717) is 11.5 Å². The van der Waals surface area contributed by atoms with Crippen molar-refractivity contribution in [2.24, 2.45) is 5.92 Å². The van der Waals surface area contributed by atoms with Gasteiger partial charge in [0.05, 0.1) is 0 Å². The lowest BCUT2D eigenvalue weighted by Crippen LogP contribution is -2.59. The molecule has 0 bridgehead atoms. The van der Waals surface area contributed by atoms with E-state index in [1.165, 1.54) is 20.8 Å². The molecule has 1 aliphatic rings. The molecule has 35 heavy (non-hydrogen) atoms. The van der Waals surface area contributed by atoms with Crippen LogP contribution in [0.25, 0.3) is 0 Å². The second-order valence-corrected chi connectivity index (χ2v) is 15.0. The summed E-state index contributed by atoms with van der Waals surface area (Å²) in [5, 5.41) is -0.0489. The van der Waals surface area contributed by atoms with Crippen molar-refractivity contribution in [3.05, 3.63) is 24.3 Å². The maximum absolute atomic E-state index is 11.9. The van der Waals surface area contributed by atoms with Crippen molar-refractivity contribution in [3.8, 4) is 11.5 Å². The van der Waals surface area contributed by atoms with Gasteiger partial charge in [0.15, 0.2) is 5.75 Å².